The molecule has 0 aliphatic carbocycles. The van der Waals surface area contributed by atoms with Crippen molar-refractivity contribution in [3.05, 3.63) is 76.6 Å². The lowest BCUT2D eigenvalue weighted by molar-refractivity contribution is -0.119. The van der Waals surface area contributed by atoms with E-state index in [2.05, 4.69) is 10.4 Å². The predicted molar refractivity (Wildman–Crippen MR) is 119 cm³/mol. The number of nitrogens with one attached hydrogen (secondary N) is 1. The molecule has 6 nitrogen and oxygen atoms in total. The molecule has 2 aromatic carbocycles. The van der Waals surface area contributed by atoms with E-state index in [0.29, 0.717) is 29.2 Å². The Labute approximate surface area is 180 Å². The quantitative estimate of drug-likeness (QED) is 0.451. The van der Waals surface area contributed by atoms with E-state index in [0.717, 1.165) is 10.5 Å². The Hall–Kier alpha value is -3.06. The Morgan fingerprint density at radius 1 is 1.07 bits per heavy atom. The Kier molecular flexibility index (Phi) is 6.95. The molecule has 0 atom stereocenters. The van der Waals surface area contributed by atoms with Crippen LogP contribution in [0.4, 0.5) is 5.69 Å². The van der Waals surface area contributed by atoms with Crippen molar-refractivity contribution in [1.29, 1.82) is 0 Å². The number of para-hydroxylation sites is 1. The number of anilines is 1. The molecule has 0 saturated carbocycles. The number of carbonyl (C=O) groups is 2. The number of thioether (sulfide) groups is 1. The van der Waals surface area contributed by atoms with Crippen LogP contribution < -0.4 is 5.32 Å². The number of aromatic nitrogens is 2. The number of rotatable bonds is 7. The van der Waals surface area contributed by atoms with Crippen LogP contribution in [0.5, 0.6) is 0 Å². The molecule has 7 heteroatoms. The molecule has 156 valence electrons. The molecule has 3 rings (SSSR count). The molecule has 0 aliphatic heterocycles. The lowest BCUT2D eigenvalue weighted by atomic mass is 10.1. The molecular weight excluding hydrogens is 398 g/mol. The first-order chi connectivity index (χ1) is 14.4. The van der Waals surface area contributed by atoms with Crippen molar-refractivity contribution < 1.29 is 14.3 Å². The average molecular weight is 424 g/mol. The van der Waals surface area contributed by atoms with Gasteiger partial charge in [-0.2, -0.15) is 5.10 Å². The zero-order valence-electron chi connectivity index (χ0n) is 17.6. The summed E-state index contributed by atoms with van der Waals surface area (Å²) in [7, 11) is 0. The van der Waals surface area contributed by atoms with Gasteiger partial charge in [0, 0.05) is 4.90 Å². The van der Waals surface area contributed by atoms with E-state index in [9.17, 15) is 9.59 Å². The van der Waals surface area contributed by atoms with Crippen LogP contribution in [-0.4, -0.2) is 34.5 Å². The SMILES string of the molecule is CSc1ccccc1NC(=O)COC(=O)c1c(C)nn(Cc2ccc(C)cc2)c1C. The van der Waals surface area contributed by atoms with Crippen LogP contribution in [-0.2, 0) is 16.1 Å². The van der Waals surface area contributed by atoms with Crippen LogP contribution in [0.3, 0.4) is 0 Å². The Morgan fingerprint density at radius 2 is 1.77 bits per heavy atom. The van der Waals surface area contributed by atoms with E-state index < -0.39 is 5.97 Å². The number of nitrogens with zero attached hydrogens (tertiary/aromatic N) is 2. The monoisotopic (exact) mass is 423 g/mol. The van der Waals surface area contributed by atoms with Gasteiger partial charge in [-0.3, -0.25) is 9.48 Å². The van der Waals surface area contributed by atoms with E-state index in [1.54, 1.807) is 11.6 Å². The minimum absolute atomic E-state index is 0.358. The molecule has 1 aromatic heterocycles. The first kappa shape index (κ1) is 21.6. The van der Waals surface area contributed by atoms with Gasteiger partial charge in [0.15, 0.2) is 6.61 Å². The van der Waals surface area contributed by atoms with Crippen LogP contribution in [0.15, 0.2) is 53.4 Å². The zero-order valence-corrected chi connectivity index (χ0v) is 18.4. The van der Waals surface area contributed by atoms with Gasteiger partial charge in [-0.25, -0.2) is 4.79 Å². The maximum Gasteiger partial charge on any atom is 0.342 e. The topological polar surface area (TPSA) is 73.2 Å². The average Bonchev–Trinajstić information content (AvgIpc) is 3.01. The van der Waals surface area contributed by atoms with E-state index in [4.69, 9.17) is 4.74 Å². The molecule has 0 unspecified atom stereocenters. The number of hydrogen-bond acceptors (Lipinski definition) is 5. The molecule has 1 heterocycles. The predicted octanol–water partition coefficient (Wildman–Crippen LogP) is 4.37. The van der Waals surface area contributed by atoms with E-state index in [1.165, 1.54) is 17.3 Å². The van der Waals surface area contributed by atoms with Crippen molar-refractivity contribution in [2.75, 3.05) is 18.2 Å². The van der Waals surface area contributed by atoms with E-state index >= 15 is 0 Å². The standard InChI is InChI=1S/C23H25N3O3S/c1-15-9-11-18(12-10-15)13-26-17(3)22(16(2)25-26)23(28)29-14-21(27)24-19-7-5-6-8-20(19)30-4/h5-12H,13-14H2,1-4H3,(H,24,27). The molecule has 3 aromatic rings. The summed E-state index contributed by atoms with van der Waals surface area (Å²) >= 11 is 1.53. The summed E-state index contributed by atoms with van der Waals surface area (Å²) in [4.78, 5) is 25.8. The van der Waals surface area contributed by atoms with Crippen LogP contribution in [0.2, 0.25) is 0 Å². The molecule has 30 heavy (non-hydrogen) atoms. The number of aryl methyl sites for hydroxylation is 2. The summed E-state index contributed by atoms with van der Waals surface area (Å²) in [5.74, 6) is -0.930. The first-order valence-electron chi connectivity index (χ1n) is 9.58. The fourth-order valence-corrected chi connectivity index (χ4v) is 3.70. The molecule has 0 radical (unpaired) electrons. The van der Waals surface area contributed by atoms with Gasteiger partial charge in [-0.1, -0.05) is 42.0 Å². The normalized spacial score (nSPS) is 10.7. The summed E-state index contributed by atoms with van der Waals surface area (Å²) in [5, 5.41) is 7.26. The van der Waals surface area contributed by atoms with Gasteiger partial charge in [0.05, 0.1) is 23.6 Å². The van der Waals surface area contributed by atoms with Crippen molar-refractivity contribution in [3.8, 4) is 0 Å². The van der Waals surface area contributed by atoms with Crippen molar-refractivity contribution >= 4 is 29.3 Å². The van der Waals surface area contributed by atoms with Crippen molar-refractivity contribution in [2.24, 2.45) is 0 Å². The minimum atomic E-state index is -0.548. The molecular formula is C23H25N3O3S. The summed E-state index contributed by atoms with van der Waals surface area (Å²) in [6, 6.07) is 15.7. The fraction of sp³-hybridized carbons (Fsp3) is 0.261. The zero-order chi connectivity index (χ0) is 21.7. The van der Waals surface area contributed by atoms with Gasteiger partial charge >= 0.3 is 5.97 Å². The molecule has 0 saturated heterocycles. The number of ether oxygens (including phenoxy) is 1. The maximum atomic E-state index is 12.6. The summed E-state index contributed by atoms with van der Waals surface area (Å²) in [6.45, 7) is 5.84. The summed E-state index contributed by atoms with van der Waals surface area (Å²) < 4.78 is 7.05. The molecule has 1 N–H and O–H groups in total. The minimum Gasteiger partial charge on any atom is -0.452 e. The van der Waals surface area contributed by atoms with Crippen molar-refractivity contribution in [3.63, 3.8) is 0 Å². The summed E-state index contributed by atoms with van der Waals surface area (Å²) in [5.41, 5.74) is 4.68. The van der Waals surface area contributed by atoms with Gasteiger partial charge in [0.1, 0.15) is 5.56 Å². The first-order valence-corrected chi connectivity index (χ1v) is 10.8. The van der Waals surface area contributed by atoms with Crippen LogP contribution in [0.25, 0.3) is 0 Å². The number of benzene rings is 2. The third-order valence-electron chi connectivity index (χ3n) is 4.75. The lowest BCUT2D eigenvalue weighted by Crippen LogP contribution is -2.21. The Balaban J connectivity index is 1.64. The maximum absolute atomic E-state index is 12.6. The second-order valence-corrected chi connectivity index (χ2v) is 7.86. The fourth-order valence-electron chi connectivity index (χ4n) is 3.15. The van der Waals surface area contributed by atoms with Crippen LogP contribution in [0.1, 0.15) is 32.9 Å². The largest absolute Gasteiger partial charge is 0.452 e. The second-order valence-electron chi connectivity index (χ2n) is 7.01. The smallest absolute Gasteiger partial charge is 0.342 e. The molecule has 1 amide bonds. The van der Waals surface area contributed by atoms with E-state index in [-0.39, 0.29) is 12.5 Å². The number of amides is 1. The Morgan fingerprint density at radius 3 is 2.47 bits per heavy atom. The van der Waals surface area contributed by atoms with Gasteiger partial charge in [0.25, 0.3) is 5.91 Å². The van der Waals surface area contributed by atoms with Crippen molar-refractivity contribution in [2.45, 2.75) is 32.2 Å². The van der Waals surface area contributed by atoms with Crippen LogP contribution >= 0.6 is 11.8 Å². The highest BCUT2D eigenvalue weighted by Crippen LogP contribution is 2.24. The Bertz CT molecular complexity index is 1060. The lowest BCUT2D eigenvalue weighted by Gasteiger charge is -2.10. The van der Waals surface area contributed by atoms with Gasteiger partial charge in [-0.15, -0.1) is 11.8 Å². The number of carbonyl (C=O) groups excluding carboxylic acids is 2. The van der Waals surface area contributed by atoms with E-state index in [1.807, 2.05) is 68.6 Å². The molecule has 0 bridgehead atoms. The number of esters is 1. The highest BCUT2D eigenvalue weighted by Gasteiger charge is 2.21. The summed E-state index contributed by atoms with van der Waals surface area (Å²) in [6.07, 6.45) is 1.94. The van der Waals surface area contributed by atoms with Gasteiger partial charge < -0.3 is 10.1 Å². The molecule has 0 fully saturated rings. The van der Waals surface area contributed by atoms with Gasteiger partial charge in [-0.05, 0) is 44.7 Å². The third kappa shape index (κ3) is 5.10. The molecule has 0 aliphatic rings. The second kappa shape index (κ2) is 9.63. The van der Waals surface area contributed by atoms with Gasteiger partial charge in [0.2, 0.25) is 0 Å². The van der Waals surface area contributed by atoms with Crippen molar-refractivity contribution in [1.82, 2.24) is 9.78 Å². The highest BCUT2D eigenvalue weighted by molar-refractivity contribution is 7.98. The third-order valence-corrected chi connectivity index (χ3v) is 5.55. The highest BCUT2D eigenvalue weighted by atomic mass is 32.2. The molecule has 0 spiro atoms. The number of hydrogen-bond donors (Lipinski definition) is 1. The van der Waals surface area contributed by atoms with Crippen LogP contribution in [0, 0.1) is 20.8 Å².